The molecule has 2 aromatic rings. The molecular weight excluding hydrogens is 172 g/mol. The van der Waals surface area contributed by atoms with Gasteiger partial charge in [0.15, 0.2) is 0 Å². The Morgan fingerprint density at radius 1 is 1.21 bits per heavy atom. The molecule has 0 radical (unpaired) electrons. The molecule has 2 aromatic heterocycles. The summed E-state index contributed by atoms with van der Waals surface area (Å²) in [6.45, 7) is 0. The first-order chi connectivity index (χ1) is 6.93. The second-order valence-corrected chi connectivity index (χ2v) is 3.74. The van der Waals surface area contributed by atoms with E-state index >= 15 is 0 Å². The first kappa shape index (κ1) is 7.80. The van der Waals surface area contributed by atoms with Crippen molar-refractivity contribution >= 4 is 11.1 Å². The van der Waals surface area contributed by atoms with E-state index in [1.807, 2.05) is 16.8 Å². The number of fused-ring (bicyclic) bond motifs is 1. The van der Waals surface area contributed by atoms with E-state index in [4.69, 9.17) is 0 Å². The van der Waals surface area contributed by atoms with Gasteiger partial charge >= 0.3 is 0 Å². The van der Waals surface area contributed by atoms with Crippen LogP contribution in [0.3, 0.4) is 0 Å². The highest BCUT2D eigenvalue weighted by molar-refractivity contribution is 5.68. The summed E-state index contributed by atoms with van der Waals surface area (Å²) in [6.07, 6.45) is 10.0. The van der Waals surface area contributed by atoms with Gasteiger partial charge in [0, 0.05) is 12.4 Å². The molecule has 2 nitrogen and oxygen atoms in total. The van der Waals surface area contributed by atoms with Gasteiger partial charge in [0.1, 0.15) is 0 Å². The summed E-state index contributed by atoms with van der Waals surface area (Å²) in [5.41, 5.74) is 3.95. The Labute approximate surface area is 82.9 Å². The summed E-state index contributed by atoms with van der Waals surface area (Å²) in [4.78, 5) is 0. The maximum Gasteiger partial charge on any atom is 0.0661 e. The van der Waals surface area contributed by atoms with Crippen LogP contribution in [0.2, 0.25) is 0 Å². The molecule has 0 atom stereocenters. The standard InChI is InChI=1S/C12H12N2/c1-2-4-10(3-1)11-5-6-12-7-8-13-14(12)9-11/h3,5-9H,1-2,4H2. The summed E-state index contributed by atoms with van der Waals surface area (Å²) >= 11 is 0. The van der Waals surface area contributed by atoms with Crippen molar-refractivity contribution in [1.82, 2.24) is 9.61 Å². The highest BCUT2D eigenvalue weighted by Crippen LogP contribution is 2.27. The maximum atomic E-state index is 4.24. The summed E-state index contributed by atoms with van der Waals surface area (Å²) in [7, 11) is 0. The second kappa shape index (κ2) is 2.98. The third-order valence-corrected chi connectivity index (χ3v) is 2.81. The summed E-state index contributed by atoms with van der Waals surface area (Å²) in [5, 5.41) is 4.24. The van der Waals surface area contributed by atoms with Crippen molar-refractivity contribution in [3.8, 4) is 0 Å². The molecule has 0 spiro atoms. The Hall–Kier alpha value is -1.57. The van der Waals surface area contributed by atoms with Gasteiger partial charge in [-0.1, -0.05) is 12.1 Å². The van der Waals surface area contributed by atoms with Crippen molar-refractivity contribution < 1.29 is 0 Å². The van der Waals surface area contributed by atoms with Gasteiger partial charge in [0.25, 0.3) is 0 Å². The summed E-state index contributed by atoms with van der Waals surface area (Å²) in [5.74, 6) is 0. The molecule has 14 heavy (non-hydrogen) atoms. The lowest BCUT2D eigenvalue weighted by Crippen LogP contribution is -1.89. The van der Waals surface area contributed by atoms with E-state index in [1.54, 1.807) is 0 Å². The van der Waals surface area contributed by atoms with Crippen molar-refractivity contribution in [2.24, 2.45) is 0 Å². The molecule has 1 aliphatic rings. The topological polar surface area (TPSA) is 17.3 Å². The van der Waals surface area contributed by atoms with Crippen molar-refractivity contribution in [1.29, 1.82) is 0 Å². The zero-order valence-corrected chi connectivity index (χ0v) is 7.98. The predicted octanol–water partition coefficient (Wildman–Crippen LogP) is 2.90. The molecule has 0 saturated heterocycles. The molecule has 70 valence electrons. The fourth-order valence-electron chi connectivity index (χ4n) is 2.04. The number of rotatable bonds is 1. The predicted molar refractivity (Wildman–Crippen MR) is 57.0 cm³/mol. The highest BCUT2D eigenvalue weighted by Gasteiger charge is 2.07. The van der Waals surface area contributed by atoms with Crippen LogP contribution < -0.4 is 0 Å². The minimum absolute atomic E-state index is 1.16. The Balaban J connectivity index is 2.13. The normalized spacial score (nSPS) is 16.1. The van der Waals surface area contributed by atoms with Gasteiger partial charge in [-0.2, -0.15) is 5.10 Å². The molecule has 3 rings (SSSR count). The zero-order valence-electron chi connectivity index (χ0n) is 7.98. The zero-order chi connectivity index (χ0) is 9.38. The molecule has 0 fully saturated rings. The molecule has 0 N–H and O–H groups in total. The lowest BCUT2D eigenvalue weighted by Gasteiger charge is -2.02. The van der Waals surface area contributed by atoms with E-state index < -0.39 is 0 Å². The van der Waals surface area contributed by atoms with Gasteiger partial charge < -0.3 is 0 Å². The Morgan fingerprint density at radius 2 is 2.21 bits per heavy atom. The second-order valence-electron chi connectivity index (χ2n) is 3.74. The average molecular weight is 184 g/mol. The lowest BCUT2D eigenvalue weighted by molar-refractivity contribution is 0.929. The SMILES string of the molecule is C1=C(c2ccc3ccnn3c2)CCC1. The lowest BCUT2D eigenvalue weighted by atomic mass is 10.1. The van der Waals surface area contributed by atoms with Gasteiger partial charge in [0.05, 0.1) is 5.52 Å². The fraction of sp³-hybridized carbons (Fsp3) is 0.250. The summed E-state index contributed by atoms with van der Waals surface area (Å²) in [6, 6.07) is 6.34. The van der Waals surface area contributed by atoms with E-state index in [1.165, 1.54) is 30.4 Å². The van der Waals surface area contributed by atoms with Crippen LogP contribution in [0.4, 0.5) is 0 Å². The van der Waals surface area contributed by atoms with E-state index in [0.29, 0.717) is 0 Å². The Bertz CT molecular complexity index is 494. The van der Waals surface area contributed by atoms with E-state index in [2.05, 4.69) is 29.5 Å². The van der Waals surface area contributed by atoms with E-state index in [0.717, 1.165) is 5.52 Å². The third kappa shape index (κ3) is 1.15. The number of hydrogen-bond donors (Lipinski definition) is 0. The third-order valence-electron chi connectivity index (χ3n) is 2.81. The van der Waals surface area contributed by atoms with Gasteiger partial charge in [0.2, 0.25) is 0 Å². The van der Waals surface area contributed by atoms with Crippen LogP contribution in [0.1, 0.15) is 24.8 Å². The Morgan fingerprint density at radius 3 is 3.07 bits per heavy atom. The molecule has 0 saturated carbocycles. The number of pyridine rings is 1. The fourth-order valence-corrected chi connectivity index (χ4v) is 2.04. The number of nitrogens with zero attached hydrogens (tertiary/aromatic N) is 2. The molecule has 0 bridgehead atoms. The van der Waals surface area contributed by atoms with Crippen molar-refractivity contribution in [3.63, 3.8) is 0 Å². The molecule has 0 amide bonds. The van der Waals surface area contributed by atoms with Crippen LogP contribution in [0.25, 0.3) is 11.1 Å². The first-order valence-electron chi connectivity index (χ1n) is 5.06. The minimum atomic E-state index is 1.16. The molecule has 2 heteroatoms. The maximum absolute atomic E-state index is 4.24. The van der Waals surface area contributed by atoms with Crippen molar-refractivity contribution in [2.75, 3.05) is 0 Å². The van der Waals surface area contributed by atoms with E-state index in [-0.39, 0.29) is 0 Å². The molecule has 0 aromatic carbocycles. The van der Waals surface area contributed by atoms with Gasteiger partial charge in [-0.05, 0) is 42.5 Å². The van der Waals surface area contributed by atoms with Gasteiger partial charge in [-0.25, -0.2) is 4.52 Å². The van der Waals surface area contributed by atoms with Crippen LogP contribution in [0.15, 0.2) is 36.7 Å². The smallest absolute Gasteiger partial charge is 0.0661 e. The Kier molecular flexibility index (Phi) is 1.66. The quantitative estimate of drug-likeness (QED) is 0.666. The van der Waals surface area contributed by atoms with Crippen LogP contribution >= 0.6 is 0 Å². The largest absolute Gasteiger partial charge is 0.240 e. The number of aromatic nitrogens is 2. The minimum Gasteiger partial charge on any atom is -0.240 e. The van der Waals surface area contributed by atoms with Crippen LogP contribution in [-0.4, -0.2) is 9.61 Å². The summed E-state index contributed by atoms with van der Waals surface area (Å²) < 4.78 is 1.94. The molecule has 0 unspecified atom stereocenters. The first-order valence-corrected chi connectivity index (χ1v) is 5.06. The molecular formula is C12H12N2. The van der Waals surface area contributed by atoms with Crippen LogP contribution in [-0.2, 0) is 0 Å². The number of hydrogen-bond acceptors (Lipinski definition) is 1. The average Bonchev–Trinajstić information content (AvgIpc) is 2.88. The van der Waals surface area contributed by atoms with Crippen molar-refractivity contribution in [3.05, 3.63) is 42.2 Å². The van der Waals surface area contributed by atoms with Gasteiger partial charge in [-0.15, -0.1) is 0 Å². The van der Waals surface area contributed by atoms with Crippen molar-refractivity contribution in [2.45, 2.75) is 19.3 Å². The van der Waals surface area contributed by atoms with E-state index in [9.17, 15) is 0 Å². The molecule has 1 aliphatic carbocycles. The number of allylic oxidation sites excluding steroid dienone is 2. The highest BCUT2D eigenvalue weighted by atomic mass is 15.2. The monoisotopic (exact) mass is 184 g/mol. The van der Waals surface area contributed by atoms with Gasteiger partial charge in [-0.3, -0.25) is 0 Å². The molecule has 0 aliphatic heterocycles. The van der Waals surface area contributed by atoms with Crippen LogP contribution in [0, 0.1) is 0 Å². The van der Waals surface area contributed by atoms with Crippen LogP contribution in [0.5, 0.6) is 0 Å². The molecule has 2 heterocycles.